The molecule has 198 valence electrons. The lowest BCUT2D eigenvalue weighted by Crippen LogP contribution is -2.25. The molecule has 0 heterocycles. The highest BCUT2D eigenvalue weighted by molar-refractivity contribution is 6.12. The van der Waals surface area contributed by atoms with Gasteiger partial charge in [0.05, 0.1) is 5.41 Å². The Morgan fingerprint density at radius 2 is 0.976 bits per heavy atom. The normalized spacial score (nSPS) is 13.8. The number of amidine groups is 2. The fourth-order valence-corrected chi connectivity index (χ4v) is 7.06. The number of nitrogens with two attached hydrogens (primary N) is 1. The number of nitrogens with zero attached hydrogens (tertiary/aromatic N) is 1. The fraction of sp³-hybridized carbons (Fsp3) is 0.0256. The summed E-state index contributed by atoms with van der Waals surface area (Å²) in [5, 5.41) is 8.54. The van der Waals surface area contributed by atoms with Gasteiger partial charge in [0.15, 0.2) is 5.84 Å². The van der Waals surface area contributed by atoms with Crippen LogP contribution in [0, 0.1) is 5.41 Å². The maximum atomic E-state index is 8.54. The van der Waals surface area contributed by atoms with Crippen molar-refractivity contribution < 1.29 is 0 Å². The van der Waals surface area contributed by atoms with E-state index < -0.39 is 5.41 Å². The monoisotopic (exact) mass is 537 g/mol. The lowest BCUT2D eigenvalue weighted by Gasteiger charge is -2.30. The maximum absolute atomic E-state index is 8.54. The van der Waals surface area contributed by atoms with Crippen LogP contribution in [0.5, 0.6) is 0 Å². The molecule has 0 saturated carbocycles. The highest BCUT2D eigenvalue weighted by Crippen LogP contribution is 2.62. The summed E-state index contributed by atoms with van der Waals surface area (Å²) in [6, 6.07) is 50.9. The highest BCUT2D eigenvalue weighted by Gasteiger charge is 2.51. The van der Waals surface area contributed by atoms with Crippen molar-refractivity contribution in [1.29, 1.82) is 5.41 Å². The molecule has 6 aromatic carbocycles. The number of aliphatic imine (C=N–C) groups is 1. The van der Waals surface area contributed by atoms with Crippen LogP contribution in [0.25, 0.3) is 33.4 Å². The van der Waals surface area contributed by atoms with Gasteiger partial charge in [-0.15, -0.1) is 0 Å². The zero-order chi connectivity index (χ0) is 28.3. The van der Waals surface area contributed by atoms with Crippen molar-refractivity contribution in [3.05, 3.63) is 179 Å². The summed E-state index contributed by atoms with van der Waals surface area (Å²) in [6.07, 6.45) is 0. The second-order valence-corrected chi connectivity index (χ2v) is 10.9. The molecule has 2 aliphatic carbocycles. The Labute approximate surface area is 245 Å². The van der Waals surface area contributed by atoms with Crippen LogP contribution < -0.4 is 5.73 Å². The molecule has 0 atom stereocenters. The van der Waals surface area contributed by atoms with Crippen molar-refractivity contribution in [2.45, 2.75) is 5.41 Å². The molecular weight excluding hydrogens is 510 g/mol. The summed E-state index contributed by atoms with van der Waals surface area (Å²) in [6.45, 7) is 0. The molecule has 0 aromatic heterocycles. The molecule has 3 N–H and O–H groups in total. The van der Waals surface area contributed by atoms with Crippen LogP contribution >= 0.6 is 0 Å². The third-order valence-corrected chi connectivity index (χ3v) is 8.79. The molecule has 0 fully saturated rings. The second-order valence-electron chi connectivity index (χ2n) is 10.9. The summed E-state index contributed by atoms with van der Waals surface area (Å²) >= 11 is 0. The average molecular weight is 538 g/mol. The maximum Gasteiger partial charge on any atom is 0.154 e. The van der Waals surface area contributed by atoms with Crippen LogP contribution in [0.2, 0.25) is 0 Å². The first-order chi connectivity index (χ1) is 20.7. The number of fused-ring (bicyclic) bond motifs is 10. The van der Waals surface area contributed by atoms with E-state index in [2.05, 4.69) is 102 Å². The van der Waals surface area contributed by atoms with Gasteiger partial charge in [-0.1, -0.05) is 140 Å². The third kappa shape index (κ3) is 3.34. The minimum absolute atomic E-state index is 0.144. The number of benzene rings is 6. The molecule has 42 heavy (non-hydrogen) atoms. The second kappa shape index (κ2) is 9.25. The predicted molar refractivity (Wildman–Crippen MR) is 172 cm³/mol. The van der Waals surface area contributed by atoms with Crippen LogP contribution in [-0.2, 0) is 5.41 Å². The molecule has 6 aromatic rings. The Bertz CT molecular complexity index is 2010. The Morgan fingerprint density at radius 1 is 0.500 bits per heavy atom. The zero-order valence-electron chi connectivity index (χ0n) is 22.9. The van der Waals surface area contributed by atoms with E-state index in [1.54, 1.807) is 0 Å². The Hall–Kier alpha value is -5.54. The summed E-state index contributed by atoms with van der Waals surface area (Å²) in [5.41, 5.74) is 20.2. The van der Waals surface area contributed by atoms with Gasteiger partial charge in [-0.2, -0.15) is 0 Å². The average Bonchev–Trinajstić information content (AvgIpc) is 3.52. The van der Waals surface area contributed by atoms with Gasteiger partial charge in [0.25, 0.3) is 0 Å². The van der Waals surface area contributed by atoms with Gasteiger partial charge in [-0.05, 0) is 61.7 Å². The van der Waals surface area contributed by atoms with E-state index in [-0.39, 0.29) is 5.84 Å². The van der Waals surface area contributed by atoms with Gasteiger partial charge in [-0.25, -0.2) is 4.99 Å². The van der Waals surface area contributed by atoms with Crippen LogP contribution in [0.1, 0.15) is 33.4 Å². The lowest BCUT2D eigenvalue weighted by atomic mass is 9.70. The van der Waals surface area contributed by atoms with E-state index in [1.165, 1.54) is 44.5 Å². The van der Waals surface area contributed by atoms with Gasteiger partial charge in [0.2, 0.25) is 0 Å². The number of nitrogens with one attached hydrogen (secondary N) is 1. The molecule has 0 amide bonds. The Morgan fingerprint density at radius 3 is 1.57 bits per heavy atom. The van der Waals surface area contributed by atoms with E-state index in [0.29, 0.717) is 5.84 Å². The van der Waals surface area contributed by atoms with Gasteiger partial charge in [0.1, 0.15) is 5.84 Å². The van der Waals surface area contributed by atoms with Crippen LogP contribution in [0.4, 0.5) is 0 Å². The topological polar surface area (TPSA) is 62.2 Å². The molecule has 8 rings (SSSR count). The highest BCUT2D eigenvalue weighted by atomic mass is 14.9. The number of hydrogen-bond acceptors (Lipinski definition) is 1. The van der Waals surface area contributed by atoms with Gasteiger partial charge >= 0.3 is 0 Å². The van der Waals surface area contributed by atoms with Crippen molar-refractivity contribution in [1.82, 2.24) is 0 Å². The molecule has 0 unspecified atom stereocenters. The molecule has 1 spiro atoms. The quantitative estimate of drug-likeness (QED) is 0.172. The smallest absolute Gasteiger partial charge is 0.154 e. The van der Waals surface area contributed by atoms with E-state index in [0.717, 1.165) is 22.3 Å². The first kappa shape index (κ1) is 24.3. The minimum Gasteiger partial charge on any atom is -0.383 e. The number of rotatable bonds is 3. The van der Waals surface area contributed by atoms with Gasteiger partial charge in [-0.3, -0.25) is 5.41 Å². The molecule has 2 aliphatic rings. The fourth-order valence-electron chi connectivity index (χ4n) is 7.06. The van der Waals surface area contributed by atoms with Crippen LogP contribution in [-0.4, -0.2) is 11.7 Å². The molecular formula is C39H27N3. The summed E-state index contributed by atoms with van der Waals surface area (Å²) in [5.74, 6) is 0.472. The van der Waals surface area contributed by atoms with E-state index in [4.69, 9.17) is 11.1 Å². The molecule has 0 saturated heterocycles. The SMILES string of the molecule is N=C(/N=C(\N)c1ccccc1-c1ccc2c(c1)C1(c3ccccc3-c3ccccc31)c1ccccc1-2)c1ccccc1. The van der Waals surface area contributed by atoms with Crippen LogP contribution in [0.3, 0.4) is 0 Å². The van der Waals surface area contributed by atoms with Crippen LogP contribution in [0.15, 0.2) is 151 Å². The largest absolute Gasteiger partial charge is 0.383 e. The predicted octanol–water partition coefficient (Wildman–Crippen LogP) is 8.43. The van der Waals surface area contributed by atoms with Gasteiger partial charge < -0.3 is 5.73 Å². The minimum atomic E-state index is -0.404. The molecule has 0 radical (unpaired) electrons. The van der Waals surface area contributed by atoms with E-state index in [9.17, 15) is 0 Å². The molecule has 0 bridgehead atoms. The zero-order valence-corrected chi connectivity index (χ0v) is 22.9. The summed E-state index contributed by atoms with van der Waals surface area (Å²) in [7, 11) is 0. The molecule has 3 heteroatoms. The lowest BCUT2D eigenvalue weighted by molar-refractivity contribution is 0.794. The summed E-state index contributed by atoms with van der Waals surface area (Å²) in [4.78, 5) is 4.52. The van der Waals surface area contributed by atoms with E-state index in [1.807, 2.05) is 48.5 Å². The third-order valence-electron chi connectivity index (χ3n) is 8.79. The standard InChI is InChI=1S/C39H27N3/c40-37(25-12-2-1-3-13-25)42-38(41)32-18-5-4-14-27(32)26-22-23-31-30-17-8-11-21-35(30)39(36(31)24-26)33-19-9-6-15-28(33)29-16-7-10-20-34(29)39/h1-24H,(H3,40,41,42). The first-order valence-corrected chi connectivity index (χ1v) is 14.2. The first-order valence-electron chi connectivity index (χ1n) is 14.2. The number of hydrogen-bond donors (Lipinski definition) is 2. The van der Waals surface area contributed by atoms with Crippen molar-refractivity contribution in [2.24, 2.45) is 10.7 Å². The van der Waals surface area contributed by atoms with Crippen molar-refractivity contribution >= 4 is 11.7 Å². The van der Waals surface area contributed by atoms with Gasteiger partial charge in [0, 0.05) is 11.1 Å². The molecule has 3 nitrogen and oxygen atoms in total. The van der Waals surface area contributed by atoms with Crippen molar-refractivity contribution in [2.75, 3.05) is 0 Å². The Kier molecular flexibility index (Phi) is 5.35. The van der Waals surface area contributed by atoms with Crippen molar-refractivity contribution in [3.8, 4) is 33.4 Å². The summed E-state index contributed by atoms with van der Waals surface area (Å²) < 4.78 is 0. The Balaban J connectivity index is 1.35. The van der Waals surface area contributed by atoms with Crippen molar-refractivity contribution in [3.63, 3.8) is 0 Å². The molecule has 0 aliphatic heterocycles. The van der Waals surface area contributed by atoms with E-state index >= 15 is 0 Å².